The second kappa shape index (κ2) is 5.42. The second-order valence-electron chi connectivity index (χ2n) is 3.70. The van der Waals surface area contributed by atoms with Crippen LogP contribution in [0.4, 0.5) is 0 Å². The Kier molecular flexibility index (Phi) is 3.67. The van der Waals surface area contributed by atoms with Crippen LogP contribution < -0.4 is 4.57 Å². The number of ether oxygens (including phenoxy) is 1. The van der Waals surface area contributed by atoms with Crippen molar-refractivity contribution in [3.63, 3.8) is 0 Å². The molecular weight excluding hydrogens is 198 g/mol. The van der Waals surface area contributed by atoms with Crippen LogP contribution in [0.25, 0.3) is 0 Å². The maximum atomic E-state index is 5.50. The molecular formula is C14H16NO+. The average molecular weight is 214 g/mol. The fourth-order valence-corrected chi connectivity index (χ4v) is 1.73. The van der Waals surface area contributed by atoms with Gasteiger partial charge in [-0.3, -0.25) is 0 Å². The highest BCUT2D eigenvalue weighted by Gasteiger charge is 2.16. The first-order valence-corrected chi connectivity index (χ1v) is 5.42. The van der Waals surface area contributed by atoms with E-state index in [1.165, 1.54) is 5.56 Å². The van der Waals surface area contributed by atoms with Crippen LogP contribution >= 0.6 is 0 Å². The molecule has 1 aromatic carbocycles. The summed E-state index contributed by atoms with van der Waals surface area (Å²) < 4.78 is 7.58. The topological polar surface area (TPSA) is 13.1 Å². The van der Waals surface area contributed by atoms with Gasteiger partial charge in [-0.1, -0.05) is 36.4 Å². The molecule has 0 aliphatic carbocycles. The van der Waals surface area contributed by atoms with Gasteiger partial charge in [-0.2, -0.15) is 4.57 Å². The summed E-state index contributed by atoms with van der Waals surface area (Å²) in [7, 11) is 1.74. The number of benzene rings is 1. The number of pyridine rings is 1. The van der Waals surface area contributed by atoms with Crippen LogP contribution in [0.15, 0.2) is 60.9 Å². The summed E-state index contributed by atoms with van der Waals surface area (Å²) in [6.07, 6.45) is 4.99. The Labute approximate surface area is 96.1 Å². The Morgan fingerprint density at radius 2 is 1.62 bits per heavy atom. The number of methoxy groups -OCH3 is 1. The van der Waals surface area contributed by atoms with Gasteiger partial charge < -0.3 is 4.74 Å². The lowest BCUT2D eigenvalue weighted by molar-refractivity contribution is -0.760. The van der Waals surface area contributed by atoms with Crippen LogP contribution in [0.1, 0.15) is 11.8 Å². The van der Waals surface area contributed by atoms with Crippen LogP contribution in [0.2, 0.25) is 0 Å². The van der Waals surface area contributed by atoms with Crippen LogP contribution in [0.3, 0.4) is 0 Å². The predicted molar refractivity (Wildman–Crippen MR) is 62.8 cm³/mol. The van der Waals surface area contributed by atoms with E-state index in [9.17, 15) is 0 Å². The normalized spacial score (nSPS) is 12.3. The van der Waals surface area contributed by atoms with Crippen LogP contribution in [0.5, 0.6) is 0 Å². The standard InChI is InChI=1S/C14H16NO/c1-16-14(15-10-6-3-7-11-15)12-13-8-4-2-5-9-13/h2-11,14H,12H2,1H3/q+1. The molecule has 0 bridgehead atoms. The smallest absolute Gasteiger partial charge is 0.266 e. The average Bonchev–Trinajstić information content (AvgIpc) is 2.38. The molecule has 82 valence electrons. The molecule has 0 saturated carbocycles. The molecule has 2 aromatic rings. The zero-order chi connectivity index (χ0) is 11.2. The summed E-state index contributed by atoms with van der Waals surface area (Å²) in [5.74, 6) is 0. The Morgan fingerprint density at radius 3 is 2.25 bits per heavy atom. The molecule has 0 spiro atoms. The number of aromatic nitrogens is 1. The van der Waals surface area contributed by atoms with Gasteiger partial charge in [0.05, 0.1) is 6.42 Å². The lowest BCUT2D eigenvalue weighted by atomic mass is 10.1. The molecule has 0 saturated heterocycles. The Hall–Kier alpha value is -1.67. The highest BCUT2D eigenvalue weighted by Crippen LogP contribution is 2.08. The van der Waals surface area contributed by atoms with Crippen molar-refractivity contribution in [1.29, 1.82) is 0 Å². The third-order valence-corrected chi connectivity index (χ3v) is 2.60. The van der Waals surface area contributed by atoms with Gasteiger partial charge >= 0.3 is 0 Å². The van der Waals surface area contributed by atoms with Crippen molar-refractivity contribution in [1.82, 2.24) is 0 Å². The highest BCUT2D eigenvalue weighted by molar-refractivity contribution is 5.14. The van der Waals surface area contributed by atoms with Crippen molar-refractivity contribution in [2.75, 3.05) is 7.11 Å². The van der Waals surface area contributed by atoms with Gasteiger partial charge in [0, 0.05) is 19.2 Å². The molecule has 0 N–H and O–H groups in total. The highest BCUT2D eigenvalue weighted by atomic mass is 16.5. The maximum Gasteiger partial charge on any atom is 0.266 e. The van der Waals surface area contributed by atoms with Crippen molar-refractivity contribution in [2.24, 2.45) is 0 Å². The molecule has 2 heteroatoms. The summed E-state index contributed by atoms with van der Waals surface area (Å²) in [5.41, 5.74) is 1.28. The Bertz CT molecular complexity index is 413. The zero-order valence-electron chi connectivity index (χ0n) is 9.41. The molecule has 0 radical (unpaired) electrons. The van der Waals surface area contributed by atoms with E-state index in [2.05, 4.69) is 28.8 Å². The summed E-state index contributed by atoms with van der Waals surface area (Å²) in [5, 5.41) is 0. The van der Waals surface area contributed by atoms with E-state index in [4.69, 9.17) is 4.74 Å². The van der Waals surface area contributed by atoms with Gasteiger partial charge in [0.15, 0.2) is 12.4 Å². The lowest BCUT2D eigenvalue weighted by Crippen LogP contribution is -2.40. The van der Waals surface area contributed by atoms with Gasteiger partial charge in [-0.25, -0.2) is 0 Å². The number of nitrogens with zero attached hydrogens (tertiary/aromatic N) is 1. The van der Waals surface area contributed by atoms with Crippen molar-refractivity contribution in [2.45, 2.75) is 12.6 Å². The van der Waals surface area contributed by atoms with Gasteiger partial charge in [0.1, 0.15) is 0 Å². The molecule has 1 heterocycles. The van der Waals surface area contributed by atoms with Crippen molar-refractivity contribution < 1.29 is 9.30 Å². The first-order chi connectivity index (χ1) is 7.90. The first kappa shape index (κ1) is 10.8. The predicted octanol–water partition coefficient (Wildman–Crippen LogP) is 2.36. The summed E-state index contributed by atoms with van der Waals surface area (Å²) in [6, 6.07) is 16.4. The number of rotatable bonds is 4. The van der Waals surface area contributed by atoms with Crippen molar-refractivity contribution in [3.8, 4) is 0 Å². The zero-order valence-corrected chi connectivity index (χ0v) is 9.41. The van der Waals surface area contributed by atoms with Crippen molar-refractivity contribution in [3.05, 3.63) is 66.5 Å². The number of hydrogen-bond donors (Lipinski definition) is 0. The molecule has 1 aromatic heterocycles. The first-order valence-electron chi connectivity index (χ1n) is 5.42. The van der Waals surface area contributed by atoms with Crippen LogP contribution in [0, 0.1) is 0 Å². The fraction of sp³-hybridized carbons (Fsp3) is 0.214. The quantitative estimate of drug-likeness (QED) is 0.712. The van der Waals surface area contributed by atoms with Crippen molar-refractivity contribution >= 4 is 0 Å². The summed E-state index contributed by atoms with van der Waals surface area (Å²) in [6.45, 7) is 0. The third kappa shape index (κ3) is 2.67. The summed E-state index contributed by atoms with van der Waals surface area (Å²) in [4.78, 5) is 0. The van der Waals surface area contributed by atoms with E-state index in [1.54, 1.807) is 7.11 Å². The number of hydrogen-bond acceptors (Lipinski definition) is 1. The van der Waals surface area contributed by atoms with Gasteiger partial charge in [0.25, 0.3) is 6.23 Å². The molecule has 0 amide bonds. The summed E-state index contributed by atoms with van der Waals surface area (Å²) >= 11 is 0. The molecule has 1 atom stereocenters. The largest absolute Gasteiger partial charge is 0.324 e. The van der Waals surface area contributed by atoms with E-state index in [-0.39, 0.29) is 6.23 Å². The van der Waals surface area contributed by atoms with E-state index in [1.807, 2.05) is 36.7 Å². The molecule has 16 heavy (non-hydrogen) atoms. The Morgan fingerprint density at radius 1 is 1.00 bits per heavy atom. The maximum absolute atomic E-state index is 5.50. The lowest BCUT2D eigenvalue weighted by Gasteiger charge is -2.10. The van der Waals surface area contributed by atoms with Crippen LogP contribution in [-0.2, 0) is 11.2 Å². The third-order valence-electron chi connectivity index (χ3n) is 2.60. The minimum Gasteiger partial charge on any atom is -0.324 e. The van der Waals surface area contributed by atoms with Gasteiger partial charge in [-0.15, -0.1) is 0 Å². The molecule has 0 fully saturated rings. The monoisotopic (exact) mass is 214 g/mol. The van der Waals surface area contributed by atoms with Gasteiger partial charge in [0.2, 0.25) is 0 Å². The van der Waals surface area contributed by atoms with E-state index in [0.29, 0.717) is 0 Å². The molecule has 1 unspecified atom stereocenters. The van der Waals surface area contributed by atoms with E-state index >= 15 is 0 Å². The molecule has 0 aliphatic heterocycles. The second-order valence-corrected chi connectivity index (χ2v) is 3.70. The SMILES string of the molecule is COC(Cc1ccccc1)[n+]1ccccc1. The fourth-order valence-electron chi connectivity index (χ4n) is 1.73. The Balaban J connectivity index is 2.13. The van der Waals surface area contributed by atoms with Gasteiger partial charge in [-0.05, 0) is 5.56 Å². The van der Waals surface area contributed by atoms with E-state index in [0.717, 1.165) is 6.42 Å². The molecule has 2 nitrogen and oxygen atoms in total. The minimum atomic E-state index is 0.0589. The minimum absolute atomic E-state index is 0.0589. The molecule has 0 aliphatic rings. The van der Waals surface area contributed by atoms with Crippen LogP contribution in [-0.4, -0.2) is 7.11 Å². The van der Waals surface area contributed by atoms with E-state index < -0.39 is 0 Å². The molecule has 2 rings (SSSR count).